The zero-order chi connectivity index (χ0) is 20.6. The van der Waals surface area contributed by atoms with E-state index >= 15 is 0 Å². The molecule has 1 aromatic carbocycles. The smallest absolute Gasteiger partial charge is 0.331 e. The lowest BCUT2D eigenvalue weighted by Gasteiger charge is -2.08. The third-order valence-corrected chi connectivity index (χ3v) is 4.46. The molecule has 0 spiro atoms. The molecule has 1 amide bonds. The van der Waals surface area contributed by atoms with Crippen LogP contribution in [0.25, 0.3) is 17.3 Å². The lowest BCUT2D eigenvalue weighted by molar-refractivity contribution is -0.142. The number of nitrogens with one attached hydrogen (secondary N) is 1. The van der Waals surface area contributed by atoms with Crippen molar-refractivity contribution in [1.82, 2.24) is 4.98 Å². The first kappa shape index (κ1) is 20.2. The van der Waals surface area contributed by atoms with Crippen molar-refractivity contribution >= 4 is 34.4 Å². The largest absolute Gasteiger partial charge is 0.497 e. The van der Waals surface area contributed by atoms with E-state index in [1.807, 2.05) is 0 Å². The van der Waals surface area contributed by atoms with E-state index in [0.717, 1.165) is 5.56 Å². The number of amides is 1. The number of anilines is 1. The minimum atomic E-state index is -0.655. The van der Waals surface area contributed by atoms with E-state index in [2.05, 4.69) is 10.3 Å². The Morgan fingerprint density at radius 2 is 2.10 bits per heavy atom. The highest BCUT2D eigenvalue weighted by Crippen LogP contribution is 2.34. The molecule has 2 heterocycles. The number of thiazole rings is 1. The number of aromatic nitrogens is 1. The van der Waals surface area contributed by atoms with Crippen LogP contribution < -0.4 is 14.8 Å². The summed E-state index contributed by atoms with van der Waals surface area (Å²) >= 11 is 1.24. The molecule has 29 heavy (non-hydrogen) atoms. The summed E-state index contributed by atoms with van der Waals surface area (Å²) in [6.07, 6.45) is 4.12. The van der Waals surface area contributed by atoms with Gasteiger partial charge in [-0.25, -0.2) is 9.78 Å². The Labute approximate surface area is 170 Å². The number of carbonyl (C=O) groups is 2. The summed E-state index contributed by atoms with van der Waals surface area (Å²) in [5, 5.41) is 4.75. The third-order valence-electron chi connectivity index (χ3n) is 3.71. The van der Waals surface area contributed by atoms with Crippen LogP contribution in [-0.2, 0) is 14.3 Å². The van der Waals surface area contributed by atoms with Crippen LogP contribution in [0.5, 0.6) is 11.5 Å². The minimum absolute atomic E-state index is 0.372. The molecule has 0 unspecified atom stereocenters. The van der Waals surface area contributed by atoms with Gasteiger partial charge in [-0.2, -0.15) is 0 Å². The van der Waals surface area contributed by atoms with Gasteiger partial charge in [0.1, 0.15) is 17.3 Å². The first-order valence-electron chi connectivity index (χ1n) is 8.45. The summed E-state index contributed by atoms with van der Waals surface area (Å²) in [6.45, 7) is -0.432. The van der Waals surface area contributed by atoms with Gasteiger partial charge in [-0.15, -0.1) is 11.3 Å². The van der Waals surface area contributed by atoms with Crippen LogP contribution >= 0.6 is 11.3 Å². The lowest BCUT2D eigenvalue weighted by atomic mass is 10.1. The van der Waals surface area contributed by atoms with E-state index in [9.17, 15) is 9.59 Å². The fourth-order valence-electron chi connectivity index (χ4n) is 2.35. The molecule has 150 valence electrons. The summed E-state index contributed by atoms with van der Waals surface area (Å²) in [5.74, 6) is 0.649. The van der Waals surface area contributed by atoms with E-state index in [0.29, 0.717) is 28.1 Å². The molecule has 0 atom stereocenters. The highest BCUT2D eigenvalue weighted by molar-refractivity contribution is 7.14. The van der Waals surface area contributed by atoms with Crippen molar-refractivity contribution < 1.29 is 28.2 Å². The second-order valence-corrected chi connectivity index (χ2v) is 6.47. The molecular formula is C20H18N2O6S. The lowest BCUT2D eigenvalue weighted by Crippen LogP contribution is -2.20. The van der Waals surface area contributed by atoms with Crippen LogP contribution in [0.4, 0.5) is 5.13 Å². The summed E-state index contributed by atoms with van der Waals surface area (Å²) in [5.41, 5.74) is 1.36. The normalized spacial score (nSPS) is 10.7. The van der Waals surface area contributed by atoms with Crippen molar-refractivity contribution in [3.63, 3.8) is 0 Å². The summed E-state index contributed by atoms with van der Waals surface area (Å²) in [6, 6.07) is 8.75. The van der Waals surface area contributed by atoms with Gasteiger partial charge in [-0.3, -0.25) is 10.1 Å². The first-order valence-corrected chi connectivity index (χ1v) is 9.33. The van der Waals surface area contributed by atoms with Gasteiger partial charge >= 0.3 is 5.97 Å². The molecule has 0 bridgehead atoms. The Kier molecular flexibility index (Phi) is 6.64. The number of furan rings is 1. The highest BCUT2D eigenvalue weighted by atomic mass is 32.1. The zero-order valence-electron chi connectivity index (χ0n) is 15.7. The Morgan fingerprint density at radius 1 is 1.24 bits per heavy atom. The van der Waals surface area contributed by atoms with Crippen LogP contribution in [0.3, 0.4) is 0 Å². The van der Waals surface area contributed by atoms with Crippen molar-refractivity contribution in [3.05, 3.63) is 53.8 Å². The van der Waals surface area contributed by atoms with Crippen LogP contribution in [0, 0.1) is 0 Å². The molecule has 0 aliphatic carbocycles. The van der Waals surface area contributed by atoms with Crippen LogP contribution in [0.2, 0.25) is 0 Å². The molecule has 9 heteroatoms. The molecule has 0 radical (unpaired) electrons. The molecule has 0 saturated heterocycles. The molecule has 0 fully saturated rings. The number of nitrogens with zero attached hydrogens (tertiary/aromatic N) is 1. The topological polar surface area (TPSA) is 99.9 Å². The number of ether oxygens (including phenoxy) is 3. The molecule has 3 rings (SSSR count). The van der Waals surface area contributed by atoms with E-state index in [1.54, 1.807) is 49.9 Å². The van der Waals surface area contributed by atoms with Gasteiger partial charge in [-0.05, 0) is 36.4 Å². The second-order valence-electron chi connectivity index (χ2n) is 5.61. The number of benzene rings is 1. The SMILES string of the molecule is COc1ccc(OC)c(-c2csc(NC(=O)COC(=O)/C=C/c3ccco3)n2)c1. The Hall–Kier alpha value is -3.59. The molecule has 0 aliphatic heterocycles. The van der Waals surface area contributed by atoms with Gasteiger partial charge in [-0.1, -0.05) is 0 Å². The van der Waals surface area contributed by atoms with Crippen molar-refractivity contribution in [1.29, 1.82) is 0 Å². The molecule has 0 saturated carbocycles. The fraction of sp³-hybridized carbons (Fsp3) is 0.150. The predicted molar refractivity (Wildman–Crippen MR) is 108 cm³/mol. The maximum atomic E-state index is 12.0. The fourth-order valence-corrected chi connectivity index (χ4v) is 3.07. The number of carbonyl (C=O) groups excluding carboxylic acids is 2. The van der Waals surface area contributed by atoms with Crippen molar-refractivity contribution in [2.24, 2.45) is 0 Å². The standard InChI is InChI=1S/C20H18N2O6S/c1-25-14-5-7-17(26-2)15(10-14)16-12-29-20(21-16)22-18(23)11-28-19(24)8-6-13-4-3-9-27-13/h3-10,12H,11H2,1-2H3,(H,21,22,23)/b8-6+. The van der Waals surface area contributed by atoms with E-state index in [4.69, 9.17) is 18.6 Å². The third kappa shape index (κ3) is 5.45. The van der Waals surface area contributed by atoms with Crippen LogP contribution in [0.15, 0.2) is 52.5 Å². The van der Waals surface area contributed by atoms with Gasteiger partial charge < -0.3 is 18.6 Å². The Morgan fingerprint density at radius 3 is 2.83 bits per heavy atom. The van der Waals surface area contributed by atoms with E-state index in [-0.39, 0.29) is 0 Å². The summed E-state index contributed by atoms with van der Waals surface area (Å²) < 4.78 is 20.5. The average Bonchev–Trinajstić information content (AvgIpc) is 3.42. The monoisotopic (exact) mass is 414 g/mol. The highest BCUT2D eigenvalue weighted by Gasteiger charge is 2.13. The molecule has 3 aromatic rings. The van der Waals surface area contributed by atoms with E-state index < -0.39 is 18.5 Å². The zero-order valence-corrected chi connectivity index (χ0v) is 16.5. The quantitative estimate of drug-likeness (QED) is 0.444. The number of rotatable bonds is 8. The summed E-state index contributed by atoms with van der Waals surface area (Å²) in [7, 11) is 3.14. The van der Waals surface area contributed by atoms with Gasteiger partial charge in [0.25, 0.3) is 5.91 Å². The van der Waals surface area contributed by atoms with Gasteiger partial charge in [0.2, 0.25) is 0 Å². The second kappa shape index (κ2) is 9.56. The first-order chi connectivity index (χ1) is 14.1. The van der Waals surface area contributed by atoms with Crippen molar-refractivity contribution in [2.75, 3.05) is 26.1 Å². The maximum absolute atomic E-state index is 12.0. The van der Waals surface area contributed by atoms with Crippen molar-refractivity contribution in [3.8, 4) is 22.8 Å². The Balaban J connectivity index is 1.57. The number of methoxy groups -OCH3 is 2. The summed E-state index contributed by atoms with van der Waals surface area (Å²) in [4.78, 5) is 28.0. The number of hydrogen-bond donors (Lipinski definition) is 1. The predicted octanol–water partition coefficient (Wildman–Crippen LogP) is 3.62. The molecule has 1 N–H and O–H groups in total. The molecule has 0 aliphatic rings. The number of hydrogen-bond acceptors (Lipinski definition) is 8. The molecule has 8 nitrogen and oxygen atoms in total. The molecule has 2 aromatic heterocycles. The van der Waals surface area contributed by atoms with Crippen LogP contribution in [0.1, 0.15) is 5.76 Å². The average molecular weight is 414 g/mol. The van der Waals surface area contributed by atoms with Crippen LogP contribution in [-0.4, -0.2) is 37.7 Å². The maximum Gasteiger partial charge on any atom is 0.331 e. The minimum Gasteiger partial charge on any atom is -0.497 e. The number of esters is 1. The van der Waals surface area contributed by atoms with Gasteiger partial charge in [0.05, 0.1) is 26.2 Å². The van der Waals surface area contributed by atoms with Crippen molar-refractivity contribution in [2.45, 2.75) is 0 Å². The Bertz CT molecular complexity index is 1010. The van der Waals surface area contributed by atoms with Gasteiger partial charge in [0, 0.05) is 17.0 Å². The molecular weight excluding hydrogens is 396 g/mol. The van der Waals surface area contributed by atoms with E-state index in [1.165, 1.54) is 29.8 Å². The van der Waals surface area contributed by atoms with Gasteiger partial charge in [0.15, 0.2) is 11.7 Å².